The molecule has 0 heterocycles. The van der Waals surface area contributed by atoms with Gasteiger partial charge in [0.25, 0.3) is 0 Å². The van der Waals surface area contributed by atoms with Crippen LogP contribution in [-0.4, -0.2) is 11.2 Å². The van der Waals surface area contributed by atoms with Crippen LogP contribution in [0.25, 0.3) is 0 Å². The summed E-state index contributed by atoms with van der Waals surface area (Å²) in [5.41, 5.74) is 1.33. The molecule has 3 atom stereocenters. The van der Waals surface area contributed by atoms with E-state index in [9.17, 15) is 5.11 Å². The molecule has 3 rings (SSSR count). The van der Waals surface area contributed by atoms with Crippen LogP contribution in [0.2, 0.25) is 0 Å². The van der Waals surface area contributed by atoms with Crippen molar-refractivity contribution in [1.82, 2.24) is 0 Å². The highest BCUT2D eigenvalue weighted by atomic mass is 16.3. The molecule has 3 fully saturated rings. The Labute approximate surface area is 80.5 Å². The second kappa shape index (κ2) is 2.50. The van der Waals surface area contributed by atoms with Crippen LogP contribution in [0.1, 0.15) is 57.8 Å². The smallest absolute Gasteiger partial charge is 0.0546 e. The predicted molar refractivity (Wildman–Crippen MR) is 52.4 cm³/mol. The van der Waals surface area contributed by atoms with Crippen LogP contribution in [-0.2, 0) is 0 Å². The van der Waals surface area contributed by atoms with Gasteiger partial charge in [-0.25, -0.2) is 0 Å². The summed E-state index contributed by atoms with van der Waals surface area (Å²) in [5, 5.41) is 9.76. The van der Waals surface area contributed by atoms with E-state index >= 15 is 0 Å². The highest BCUT2D eigenvalue weighted by Gasteiger charge is 2.60. The van der Waals surface area contributed by atoms with Crippen LogP contribution in [0.5, 0.6) is 0 Å². The maximum absolute atomic E-state index is 9.76. The first kappa shape index (κ1) is 8.28. The van der Waals surface area contributed by atoms with Crippen LogP contribution in [0.4, 0.5) is 0 Å². The van der Waals surface area contributed by atoms with Gasteiger partial charge in [0.1, 0.15) is 0 Å². The molecule has 13 heavy (non-hydrogen) atoms. The first-order valence-corrected chi connectivity index (χ1v) is 5.95. The lowest BCUT2D eigenvalue weighted by molar-refractivity contribution is -0.175. The Morgan fingerprint density at radius 1 is 0.846 bits per heavy atom. The lowest BCUT2D eigenvalue weighted by Crippen LogP contribution is -2.57. The van der Waals surface area contributed by atoms with Crippen molar-refractivity contribution in [2.45, 2.75) is 63.9 Å². The van der Waals surface area contributed by atoms with Gasteiger partial charge in [-0.1, -0.05) is 12.8 Å². The molecular formula is C12H20O. The van der Waals surface area contributed by atoms with E-state index < -0.39 is 0 Å². The Balaban J connectivity index is 1.89. The summed E-state index contributed by atoms with van der Waals surface area (Å²) in [7, 11) is 0. The molecule has 0 aliphatic heterocycles. The summed E-state index contributed by atoms with van der Waals surface area (Å²) >= 11 is 0. The van der Waals surface area contributed by atoms with E-state index in [0.29, 0.717) is 10.8 Å². The van der Waals surface area contributed by atoms with Gasteiger partial charge in [-0.05, 0) is 55.8 Å². The van der Waals surface area contributed by atoms with Gasteiger partial charge in [-0.15, -0.1) is 0 Å². The molecule has 0 aromatic rings. The number of hydrogen-bond acceptors (Lipinski definition) is 1. The fraction of sp³-hybridized carbons (Fsp3) is 1.00. The third kappa shape index (κ3) is 0.918. The monoisotopic (exact) mass is 180 g/mol. The lowest BCUT2D eigenvalue weighted by Gasteiger charge is -2.66. The molecule has 0 radical (unpaired) electrons. The molecule has 3 aliphatic carbocycles. The molecule has 0 aromatic heterocycles. The Morgan fingerprint density at radius 3 is 2.23 bits per heavy atom. The highest BCUT2D eigenvalue weighted by molar-refractivity contribution is 5.11. The molecule has 1 nitrogen and oxygen atoms in total. The van der Waals surface area contributed by atoms with Gasteiger partial charge in [-0.2, -0.15) is 0 Å². The largest absolute Gasteiger partial charge is 0.393 e. The molecule has 74 valence electrons. The van der Waals surface area contributed by atoms with Crippen molar-refractivity contribution in [3.05, 3.63) is 0 Å². The van der Waals surface area contributed by atoms with Crippen molar-refractivity contribution in [3.63, 3.8) is 0 Å². The summed E-state index contributed by atoms with van der Waals surface area (Å²) in [5.74, 6) is 0. The second-order valence-electron chi connectivity index (χ2n) is 5.66. The van der Waals surface area contributed by atoms with E-state index in [1.807, 2.05) is 0 Å². The summed E-state index contributed by atoms with van der Waals surface area (Å²) in [4.78, 5) is 0. The van der Waals surface area contributed by atoms with Gasteiger partial charge < -0.3 is 5.11 Å². The predicted octanol–water partition coefficient (Wildman–Crippen LogP) is 2.87. The molecule has 1 heteroatoms. The maximum atomic E-state index is 9.76. The number of aliphatic hydroxyl groups excluding tert-OH is 1. The molecular weight excluding hydrogens is 160 g/mol. The molecule has 0 bridgehead atoms. The molecule has 0 spiro atoms. The van der Waals surface area contributed by atoms with E-state index in [-0.39, 0.29) is 6.10 Å². The molecule has 0 unspecified atom stereocenters. The van der Waals surface area contributed by atoms with E-state index in [4.69, 9.17) is 0 Å². The van der Waals surface area contributed by atoms with Gasteiger partial charge in [-0.3, -0.25) is 0 Å². The minimum absolute atomic E-state index is 0.0338. The zero-order chi connectivity index (χ0) is 8.94. The van der Waals surface area contributed by atoms with Gasteiger partial charge in [0.15, 0.2) is 0 Å². The summed E-state index contributed by atoms with van der Waals surface area (Å²) in [6, 6.07) is 0. The van der Waals surface area contributed by atoms with Crippen LogP contribution in [0.15, 0.2) is 0 Å². The second-order valence-corrected chi connectivity index (χ2v) is 5.66. The minimum Gasteiger partial charge on any atom is -0.393 e. The molecule has 0 amide bonds. The Hall–Kier alpha value is -0.0400. The van der Waals surface area contributed by atoms with Gasteiger partial charge in [0, 0.05) is 0 Å². The number of hydrogen-bond donors (Lipinski definition) is 1. The van der Waals surface area contributed by atoms with E-state index in [1.54, 1.807) is 0 Å². The third-order valence-electron chi connectivity index (χ3n) is 5.35. The molecule has 0 aromatic carbocycles. The van der Waals surface area contributed by atoms with Crippen molar-refractivity contribution in [1.29, 1.82) is 0 Å². The lowest BCUT2D eigenvalue weighted by atomic mass is 9.39. The molecule has 1 N–H and O–H groups in total. The standard InChI is InChI=1S/C12H20O/c13-10-3-6-11-4-1-2-5-12(11,9-10)8-7-11/h10,13H,1-9H2/t10-,11-,12+/m0/s1. The topological polar surface area (TPSA) is 20.2 Å². The zero-order valence-electron chi connectivity index (χ0n) is 8.39. The average molecular weight is 180 g/mol. The minimum atomic E-state index is 0.0338. The quantitative estimate of drug-likeness (QED) is 0.607. The molecule has 3 aliphatic rings. The van der Waals surface area contributed by atoms with Crippen LogP contribution >= 0.6 is 0 Å². The number of rotatable bonds is 0. The fourth-order valence-electron chi connectivity index (χ4n) is 4.47. The fourth-order valence-corrected chi connectivity index (χ4v) is 4.47. The summed E-state index contributed by atoms with van der Waals surface area (Å²) in [6.07, 6.45) is 12.2. The SMILES string of the molecule is O[C@H]1CC[C@]23CCCC[C@@]2(CC3)C1. The first-order valence-electron chi connectivity index (χ1n) is 5.95. The number of aliphatic hydroxyl groups is 1. The van der Waals surface area contributed by atoms with Gasteiger partial charge >= 0.3 is 0 Å². The van der Waals surface area contributed by atoms with E-state index in [1.165, 1.54) is 44.9 Å². The first-order chi connectivity index (χ1) is 6.27. The maximum Gasteiger partial charge on any atom is 0.0546 e. The van der Waals surface area contributed by atoms with Crippen molar-refractivity contribution in [3.8, 4) is 0 Å². The van der Waals surface area contributed by atoms with Crippen molar-refractivity contribution in [2.75, 3.05) is 0 Å². The van der Waals surface area contributed by atoms with Crippen molar-refractivity contribution < 1.29 is 5.11 Å². The van der Waals surface area contributed by atoms with Crippen LogP contribution in [0, 0.1) is 10.8 Å². The molecule has 0 saturated heterocycles. The Morgan fingerprint density at radius 2 is 1.54 bits per heavy atom. The molecule has 3 saturated carbocycles. The van der Waals surface area contributed by atoms with Crippen molar-refractivity contribution >= 4 is 0 Å². The highest BCUT2D eigenvalue weighted by Crippen LogP contribution is 2.70. The van der Waals surface area contributed by atoms with Gasteiger partial charge in [0.2, 0.25) is 0 Å². The van der Waals surface area contributed by atoms with Crippen molar-refractivity contribution in [2.24, 2.45) is 10.8 Å². The van der Waals surface area contributed by atoms with E-state index in [2.05, 4.69) is 0 Å². The third-order valence-corrected chi connectivity index (χ3v) is 5.35. The normalized spacial score (nSPS) is 54.7. The van der Waals surface area contributed by atoms with Crippen LogP contribution < -0.4 is 0 Å². The average Bonchev–Trinajstić information content (AvgIpc) is 2.11. The van der Waals surface area contributed by atoms with E-state index in [0.717, 1.165) is 12.8 Å². The Bertz CT molecular complexity index is 225. The summed E-state index contributed by atoms with van der Waals surface area (Å²) in [6.45, 7) is 0. The van der Waals surface area contributed by atoms with Crippen LogP contribution in [0.3, 0.4) is 0 Å². The summed E-state index contributed by atoms with van der Waals surface area (Å²) < 4.78 is 0. The Kier molecular flexibility index (Phi) is 1.59. The zero-order valence-corrected chi connectivity index (χ0v) is 8.39. The van der Waals surface area contributed by atoms with Gasteiger partial charge in [0.05, 0.1) is 6.10 Å².